The summed E-state index contributed by atoms with van der Waals surface area (Å²) >= 11 is 6.77. The first-order chi connectivity index (χ1) is 16.6. The molecule has 1 heterocycles. The van der Waals surface area contributed by atoms with Crippen LogP contribution in [0.3, 0.4) is 0 Å². The van der Waals surface area contributed by atoms with E-state index in [1.165, 1.54) is 11.8 Å². The monoisotopic (exact) mass is 491 g/mol. The van der Waals surface area contributed by atoms with Crippen molar-refractivity contribution in [1.82, 2.24) is 4.90 Å². The van der Waals surface area contributed by atoms with Crippen LogP contribution in [-0.2, 0) is 11.3 Å². The third kappa shape index (κ3) is 6.40. The van der Waals surface area contributed by atoms with Gasteiger partial charge >= 0.3 is 0 Å². The molecule has 0 aromatic heterocycles. The zero-order chi connectivity index (χ0) is 23.8. The molecule has 0 atom stereocenters. The summed E-state index contributed by atoms with van der Waals surface area (Å²) in [5.74, 6) is 2.33. The van der Waals surface area contributed by atoms with Crippen LogP contribution in [-0.4, -0.2) is 35.5 Å². The van der Waals surface area contributed by atoms with Crippen LogP contribution in [0.25, 0.3) is 6.08 Å². The molecule has 1 saturated heterocycles. The number of carbonyl (C=O) groups excluding carboxylic acids is 1. The van der Waals surface area contributed by atoms with Crippen molar-refractivity contribution in [3.63, 3.8) is 0 Å². The molecular formula is C27H25NO4S2. The lowest BCUT2D eigenvalue weighted by atomic mass is 10.2. The Balaban J connectivity index is 1.24. The molecule has 34 heavy (non-hydrogen) atoms. The van der Waals surface area contributed by atoms with Crippen molar-refractivity contribution < 1.29 is 19.0 Å². The van der Waals surface area contributed by atoms with Gasteiger partial charge in [0.05, 0.1) is 31.8 Å². The second kappa shape index (κ2) is 11.7. The molecule has 0 aliphatic carbocycles. The highest BCUT2D eigenvalue weighted by molar-refractivity contribution is 8.26. The quantitative estimate of drug-likeness (QED) is 0.199. The molecule has 0 unspecified atom stereocenters. The summed E-state index contributed by atoms with van der Waals surface area (Å²) in [6.07, 6.45) is 2.63. The van der Waals surface area contributed by atoms with Gasteiger partial charge in [0.1, 0.15) is 21.6 Å². The van der Waals surface area contributed by atoms with Crippen LogP contribution >= 0.6 is 24.0 Å². The standard InChI is InChI=1S/C27H25NO4S2/c1-30-22-12-14-24(15-13-22)32-17-5-16-31-23-10-8-20(9-11-23)18-25-26(29)28(27(33)34-25)19-21-6-3-2-4-7-21/h2-4,6-15,18H,5,16-17,19H2,1H3. The van der Waals surface area contributed by atoms with Gasteiger partial charge < -0.3 is 14.2 Å². The van der Waals surface area contributed by atoms with Crippen molar-refractivity contribution in [2.75, 3.05) is 20.3 Å². The highest BCUT2D eigenvalue weighted by Crippen LogP contribution is 2.33. The van der Waals surface area contributed by atoms with Gasteiger partial charge in [-0.25, -0.2) is 0 Å². The first-order valence-corrected chi connectivity index (χ1v) is 12.1. The van der Waals surface area contributed by atoms with Crippen LogP contribution < -0.4 is 14.2 Å². The highest BCUT2D eigenvalue weighted by Gasteiger charge is 2.31. The summed E-state index contributed by atoms with van der Waals surface area (Å²) in [5, 5.41) is 0. The number of hydrogen-bond donors (Lipinski definition) is 0. The minimum atomic E-state index is -0.0592. The topological polar surface area (TPSA) is 48.0 Å². The number of thioether (sulfide) groups is 1. The largest absolute Gasteiger partial charge is 0.497 e. The van der Waals surface area contributed by atoms with Gasteiger partial charge in [0.15, 0.2) is 0 Å². The molecule has 1 amide bonds. The van der Waals surface area contributed by atoms with Crippen molar-refractivity contribution in [2.24, 2.45) is 0 Å². The molecule has 3 aromatic rings. The number of hydrogen-bond acceptors (Lipinski definition) is 6. The summed E-state index contributed by atoms with van der Waals surface area (Å²) in [7, 11) is 1.64. The highest BCUT2D eigenvalue weighted by atomic mass is 32.2. The van der Waals surface area contributed by atoms with Crippen molar-refractivity contribution in [1.29, 1.82) is 0 Å². The Morgan fingerprint density at radius 3 is 2.06 bits per heavy atom. The number of carbonyl (C=O) groups is 1. The lowest BCUT2D eigenvalue weighted by Gasteiger charge is -2.14. The summed E-state index contributed by atoms with van der Waals surface area (Å²) < 4.78 is 17.2. The van der Waals surface area contributed by atoms with Gasteiger partial charge in [-0.15, -0.1) is 0 Å². The Labute approximate surface area is 209 Å². The fraction of sp³-hybridized carbons (Fsp3) is 0.185. The molecule has 0 bridgehead atoms. The number of ether oxygens (including phenoxy) is 3. The van der Waals surface area contributed by atoms with E-state index in [1.807, 2.05) is 84.9 Å². The van der Waals surface area contributed by atoms with Crippen molar-refractivity contribution >= 4 is 40.3 Å². The minimum Gasteiger partial charge on any atom is -0.497 e. The maximum Gasteiger partial charge on any atom is 0.266 e. The van der Waals surface area contributed by atoms with E-state index >= 15 is 0 Å². The molecule has 4 rings (SSSR count). The van der Waals surface area contributed by atoms with Crippen LogP contribution in [0.4, 0.5) is 0 Å². The van der Waals surface area contributed by atoms with Crippen LogP contribution in [0, 0.1) is 0 Å². The molecule has 0 N–H and O–H groups in total. The van der Waals surface area contributed by atoms with Crippen LogP contribution in [0.5, 0.6) is 17.2 Å². The van der Waals surface area contributed by atoms with Crippen molar-refractivity contribution in [3.05, 3.63) is 94.9 Å². The summed E-state index contributed by atoms with van der Waals surface area (Å²) in [5.41, 5.74) is 1.98. The molecule has 3 aromatic carbocycles. The molecule has 5 nitrogen and oxygen atoms in total. The maximum absolute atomic E-state index is 12.8. The van der Waals surface area contributed by atoms with Gasteiger partial charge in [0.2, 0.25) is 0 Å². The number of rotatable bonds is 10. The molecule has 0 spiro atoms. The number of benzene rings is 3. The van der Waals surface area contributed by atoms with Gasteiger partial charge in [0, 0.05) is 6.42 Å². The normalized spacial score (nSPS) is 14.5. The van der Waals surface area contributed by atoms with E-state index in [0.29, 0.717) is 29.0 Å². The molecule has 1 aliphatic heterocycles. The van der Waals surface area contributed by atoms with Gasteiger partial charge in [-0.1, -0.05) is 66.4 Å². The molecule has 7 heteroatoms. The number of methoxy groups -OCH3 is 1. The Morgan fingerprint density at radius 1 is 0.853 bits per heavy atom. The predicted molar refractivity (Wildman–Crippen MR) is 140 cm³/mol. The molecule has 0 saturated carbocycles. The van der Waals surface area contributed by atoms with E-state index in [9.17, 15) is 4.79 Å². The number of thiocarbonyl (C=S) groups is 1. The molecular weight excluding hydrogens is 466 g/mol. The molecule has 174 valence electrons. The smallest absolute Gasteiger partial charge is 0.266 e. The van der Waals surface area contributed by atoms with Gasteiger partial charge in [-0.3, -0.25) is 9.69 Å². The Kier molecular flexibility index (Phi) is 8.22. The number of amides is 1. The van der Waals surface area contributed by atoms with Crippen LogP contribution in [0.1, 0.15) is 17.5 Å². The second-order valence-electron chi connectivity index (χ2n) is 7.55. The van der Waals surface area contributed by atoms with E-state index in [-0.39, 0.29) is 5.91 Å². The van der Waals surface area contributed by atoms with E-state index in [0.717, 1.165) is 34.8 Å². The molecule has 1 fully saturated rings. The summed E-state index contributed by atoms with van der Waals surface area (Å²) in [6.45, 7) is 1.60. The van der Waals surface area contributed by atoms with E-state index in [4.69, 9.17) is 26.4 Å². The Morgan fingerprint density at radius 2 is 1.44 bits per heavy atom. The van der Waals surface area contributed by atoms with Gasteiger partial charge in [-0.05, 0) is 53.6 Å². The van der Waals surface area contributed by atoms with E-state index in [2.05, 4.69) is 0 Å². The van der Waals surface area contributed by atoms with Gasteiger partial charge in [0.25, 0.3) is 5.91 Å². The predicted octanol–water partition coefficient (Wildman–Crippen LogP) is 5.94. The Hall–Kier alpha value is -3.29. The fourth-order valence-electron chi connectivity index (χ4n) is 3.32. The molecule has 0 radical (unpaired) electrons. The third-order valence-electron chi connectivity index (χ3n) is 5.12. The maximum atomic E-state index is 12.8. The third-order valence-corrected chi connectivity index (χ3v) is 6.50. The second-order valence-corrected chi connectivity index (χ2v) is 9.22. The number of nitrogens with zero attached hydrogens (tertiary/aromatic N) is 1. The summed E-state index contributed by atoms with van der Waals surface area (Å²) in [4.78, 5) is 15.1. The first kappa shape index (κ1) is 23.9. The Bertz CT molecular complexity index is 1150. The van der Waals surface area contributed by atoms with Gasteiger partial charge in [-0.2, -0.15) is 0 Å². The van der Waals surface area contributed by atoms with Crippen molar-refractivity contribution in [3.8, 4) is 17.2 Å². The van der Waals surface area contributed by atoms with E-state index < -0.39 is 0 Å². The van der Waals surface area contributed by atoms with Crippen molar-refractivity contribution in [2.45, 2.75) is 13.0 Å². The SMILES string of the molecule is COc1ccc(OCCCOc2ccc(C=C3SC(=S)N(Cc4ccccc4)C3=O)cc2)cc1. The average Bonchev–Trinajstić information content (AvgIpc) is 3.13. The fourth-order valence-corrected chi connectivity index (χ4v) is 4.58. The van der Waals surface area contributed by atoms with Crippen LogP contribution in [0.15, 0.2) is 83.8 Å². The molecule has 1 aliphatic rings. The zero-order valence-electron chi connectivity index (χ0n) is 18.8. The lowest BCUT2D eigenvalue weighted by molar-refractivity contribution is -0.122. The average molecular weight is 492 g/mol. The van der Waals surface area contributed by atoms with Crippen LogP contribution in [0.2, 0.25) is 0 Å². The van der Waals surface area contributed by atoms with E-state index in [1.54, 1.807) is 12.0 Å². The minimum absolute atomic E-state index is 0.0592. The zero-order valence-corrected chi connectivity index (χ0v) is 20.4. The first-order valence-electron chi connectivity index (χ1n) is 10.9. The summed E-state index contributed by atoms with van der Waals surface area (Å²) in [6, 6.07) is 25.0. The lowest BCUT2D eigenvalue weighted by Crippen LogP contribution is -2.27.